The zero-order valence-electron chi connectivity index (χ0n) is 11.4. The molecule has 2 aromatic heterocycles. The molecule has 1 aromatic carbocycles. The summed E-state index contributed by atoms with van der Waals surface area (Å²) in [5.74, 6) is 2.18. The molecule has 0 bridgehead atoms. The van der Waals surface area contributed by atoms with Crippen molar-refractivity contribution in [1.29, 1.82) is 0 Å². The van der Waals surface area contributed by atoms with Crippen molar-refractivity contribution in [3.63, 3.8) is 0 Å². The van der Waals surface area contributed by atoms with E-state index >= 15 is 0 Å². The van der Waals surface area contributed by atoms with Gasteiger partial charge >= 0.3 is 4.87 Å². The third-order valence-corrected chi connectivity index (χ3v) is 4.16. The molecule has 0 saturated carbocycles. The van der Waals surface area contributed by atoms with Gasteiger partial charge in [-0.25, -0.2) is 4.98 Å². The molecule has 0 saturated heterocycles. The molecule has 0 spiro atoms. The normalized spacial score (nSPS) is 11.1. The molecule has 7 heteroatoms. The van der Waals surface area contributed by atoms with Crippen molar-refractivity contribution in [2.24, 2.45) is 0 Å². The van der Waals surface area contributed by atoms with Crippen molar-refractivity contribution in [3.8, 4) is 5.75 Å². The van der Waals surface area contributed by atoms with E-state index in [0.29, 0.717) is 18.8 Å². The van der Waals surface area contributed by atoms with Crippen LogP contribution in [0.4, 0.5) is 0 Å². The average molecular weight is 324 g/mol. The number of nitrogens with zero attached hydrogens (tertiary/aromatic N) is 2. The number of thiazole rings is 1. The lowest BCUT2D eigenvalue weighted by Crippen LogP contribution is -2.07. The molecule has 0 fully saturated rings. The van der Waals surface area contributed by atoms with Gasteiger partial charge in [0.1, 0.15) is 11.6 Å². The van der Waals surface area contributed by atoms with E-state index in [4.69, 9.17) is 16.3 Å². The number of rotatable bonds is 5. The van der Waals surface area contributed by atoms with Gasteiger partial charge in [0.25, 0.3) is 0 Å². The number of aromatic amines is 1. The molecule has 0 aliphatic rings. The number of fused-ring (bicyclic) bond motifs is 1. The van der Waals surface area contributed by atoms with Crippen molar-refractivity contribution in [3.05, 3.63) is 44.8 Å². The number of alkyl halides is 1. The van der Waals surface area contributed by atoms with Crippen LogP contribution in [0.1, 0.15) is 11.5 Å². The first-order valence-electron chi connectivity index (χ1n) is 6.47. The summed E-state index contributed by atoms with van der Waals surface area (Å²) in [7, 11) is 1.64. The fourth-order valence-corrected chi connectivity index (χ4v) is 3.03. The van der Waals surface area contributed by atoms with Crippen molar-refractivity contribution in [1.82, 2.24) is 14.5 Å². The van der Waals surface area contributed by atoms with Crippen LogP contribution in [0.15, 0.2) is 28.4 Å². The van der Waals surface area contributed by atoms with E-state index in [1.54, 1.807) is 7.11 Å². The number of aromatic nitrogens is 3. The van der Waals surface area contributed by atoms with Crippen LogP contribution in [-0.4, -0.2) is 27.5 Å². The Balaban J connectivity index is 2.11. The van der Waals surface area contributed by atoms with Gasteiger partial charge in [0.2, 0.25) is 0 Å². The number of imidazole rings is 1. The number of halogens is 1. The van der Waals surface area contributed by atoms with E-state index in [-0.39, 0.29) is 4.87 Å². The second-order valence-electron chi connectivity index (χ2n) is 4.58. The summed E-state index contributed by atoms with van der Waals surface area (Å²) in [4.78, 5) is 18.7. The zero-order chi connectivity index (χ0) is 14.8. The van der Waals surface area contributed by atoms with Crippen LogP contribution in [0, 0.1) is 0 Å². The lowest BCUT2D eigenvalue weighted by Gasteiger charge is -2.07. The van der Waals surface area contributed by atoms with E-state index in [1.165, 1.54) is 0 Å². The number of H-pyrrole nitrogens is 1. The molecule has 3 rings (SSSR count). The fraction of sp³-hybridized carbons (Fsp3) is 0.286. The van der Waals surface area contributed by atoms with Gasteiger partial charge in [-0.15, -0.1) is 11.6 Å². The molecule has 0 aliphatic carbocycles. The van der Waals surface area contributed by atoms with Gasteiger partial charge < -0.3 is 14.3 Å². The maximum atomic E-state index is 11.3. The second kappa shape index (κ2) is 5.91. The van der Waals surface area contributed by atoms with Gasteiger partial charge in [0.05, 0.1) is 24.7 Å². The highest BCUT2D eigenvalue weighted by Crippen LogP contribution is 2.23. The van der Waals surface area contributed by atoms with E-state index in [9.17, 15) is 4.79 Å². The second-order valence-corrected chi connectivity index (χ2v) is 5.80. The topological polar surface area (TPSA) is 59.9 Å². The summed E-state index contributed by atoms with van der Waals surface area (Å²) in [6, 6.07) is 5.76. The predicted molar refractivity (Wildman–Crippen MR) is 84.8 cm³/mol. The van der Waals surface area contributed by atoms with Gasteiger partial charge in [-0.05, 0) is 12.1 Å². The van der Waals surface area contributed by atoms with Gasteiger partial charge in [-0.1, -0.05) is 11.3 Å². The largest absolute Gasteiger partial charge is 0.497 e. The van der Waals surface area contributed by atoms with Gasteiger partial charge in [-0.2, -0.15) is 0 Å². The van der Waals surface area contributed by atoms with Crippen LogP contribution < -0.4 is 9.61 Å². The highest BCUT2D eigenvalue weighted by atomic mass is 35.5. The third kappa shape index (κ3) is 2.82. The maximum Gasteiger partial charge on any atom is 0.304 e. The number of nitrogens with one attached hydrogen (secondary N) is 1. The molecule has 0 amide bonds. The van der Waals surface area contributed by atoms with Crippen molar-refractivity contribution in [2.75, 3.05) is 13.0 Å². The zero-order valence-corrected chi connectivity index (χ0v) is 13.0. The molecule has 110 valence electrons. The summed E-state index contributed by atoms with van der Waals surface area (Å²) < 4.78 is 7.35. The monoisotopic (exact) mass is 323 g/mol. The minimum absolute atomic E-state index is 0.0501. The third-order valence-electron chi connectivity index (χ3n) is 3.25. The fourth-order valence-electron chi connectivity index (χ4n) is 2.29. The number of benzene rings is 1. The highest BCUT2D eigenvalue weighted by molar-refractivity contribution is 7.07. The number of hydrogen-bond acceptors (Lipinski definition) is 4. The SMILES string of the molecule is COc1ccc2nc(CCCl)n(Cc3csc(=O)[nH]3)c2c1. The first-order chi connectivity index (χ1) is 10.2. The van der Waals surface area contributed by atoms with Gasteiger partial charge in [0.15, 0.2) is 0 Å². The molecule has 0 aliphatic heterocycles. The number of hydrogen-bond donors (Lipinski definition) is 1. The molecule has 2 heterocycles. The molecule has 0 radical (unpaired) electrons. The number of methoxy groups -OCH3 is 1. The van der Waals surface area contributed by atoms with Crippen LogP contribution in [-0.2, 0) is 13.0 Å². The molecule has 3 aromatic rings. The Morgan fingerprint density at radius 3 is 3.00 bits per heavy atom. The standard InChI is InChI=1S/C14H14ClN3O2S/c1-20-10-2-3-11-12(6-10)18(13(17-11)4-5-15)7-9-8-21-14(19)16-9/h2-3,6,8H,4-5,7H2,1H3,(H,16,19). The summed E-state index contributed by atoms with van der Waals surface area (Å²) in [5, 5.41) is 1.83. The Kier molecular flexibility index (Phi) is 3.98. The Bertz CT molecular complexity index is 821. The molecule has 5 nitrogen and oxygen atoms in total. The quantitative estimate of drug-likeness (QED) is 0.734. The van der Waals surface area contributed by atoms with Crippen LogP contribution in [0.3, 0.4) is 0 Å². The molecular formula is C14H14ClN3O2S. The lowest BCUT2D eigenvalue weighted by molar-refractivity contribution is 0.415. The van der Waals surface area contributed by atoms with Crippen LogP contribution in [0.2, 0.25) is 0 Å². The Morgan fingerprint density at radius 1 is 1.48 bits per heavy atom. The molecular weight excluding hydrogens is 310 g/mol. The van der Waals surface area contributed by atoms with Crippen molar-refractivity contribution < 1.29 is 4.74 Å². The highest BCUT2D eigenvalue weighted by Gasteiger charge is 2.12. The Morgan fingerprint density at radius 2 is 2.33 bits per heavy atom. The van der Waals surface area contributed by atoms with Gasteiger partial charge in [0, 0.05) is 29.4 Å². The van der Waals surface area contributed by atoms with Crippen LogP contribution in [0.5, 0.6) is 5.75 Å². The van der Waals surface area contributed by atoms with E-state index < -0.39 is 0 Å². The number of ether oxygens (including phenoxy) is 1. The minimum atomic E-state index is -0.0501. The van der Waals surface area contributed by atoms with Crippen molar-refractivity contribution in [2.45, 2.75) is 13.0 Å². The summed E-state index contributed by atoms with van der Waals surface area (Å²) in [6.07, 6.45) is 0.674. The summed E-state index contributed by atoms with van der Waals surface area (Å²) in [5.41, 5.74) is 2.73. The summed E-state index contributed by atoms with van der Waals surface area (Å²) in [6.45, 7) is 0.564. The maximum absolute atomic E-state index is 11.3. The lowest BCUT2D eigenvalue weighted by atomic mass is 10.3. The Hall–Kier alpha value is -1.79. The molecule has 0 unspecified atom stereocenters. The van der Waals surface area contributed by atoms with E-state index in [0.717, 1.165) is 39.6 Å². The van der Waals surface area contributed by atoms with Crippen LogP contribution in [0.25, 0.3) is 11.0 Å². The van der Waals surface area contributed by atoms with E-state index in [2.05, 4.69) is 14.5 Å². The minimum Gasteiger partial charge on any atom is -0.497 e. The smallest absolute Gasteiger partial charge is 0.304 e. The molecule has 21 heavy (non-hydrogen) atoms. The first-order valence-corrected chi connectivity index (χ1v) is 7.88. The van der Waals surface area contributed by atoms with Gasteiger partial charge in [-0.3, -0.25) is 4.79 Å². The first kappa shape index (κ1) is 14.2. The Labute approximate surface area is 130 Å². The average Bonchev–Trinajstić information content (AvgIpc) is 3.04. The van der Waals surface area contributed by atoms with E-state index in [1.807, 2.05) is 23.6 Å². The molecule has 0 atom stereocenters. The van der Waals surface area contributed by atoms with Crippen LogP contribution >= 0.6 is 22.9 Å². The number of aryl methyl sites for hydroxylation is 1. The van der Waals surface area contributed by atoms with Crippen molar-refractivity contribution >= 4 is 34.0 Å². The molecule has 1 N–H and O–H groups in total. The predicted octanol–water partition coefficient (Wildman–Crippen LogP) is 2.62. The summed E-state index contributed by atoms with van der Waals surface area (Å²) >= 11 is 7.03.